The van der Waals surface area contributed by atoms with Crippen molar-refractivity contribution in [1.29, 1.82) is 5.41 Å². The van der Waals surface area contributed by atoms with Gasteiger partial charge in [-0.1, -0.05) is 0 Å². The zero-order valence-electron chi connectivity index (χ0n) is 16.3. The molecule has 1 saturated carbocycles. The minimum atomic E-state index is -0.395. The summed E-state index contributed by atoms with van der Waals surface area (Å²) in [4.78, 5) is 21.2. The van der Waals surface area contributed by atoms with Crippen molar-refractivity contribution < 1.29 is 9.21 Å². The third-order valence-corrected chi connectivity index (χ3v) is 5.33. The van der Waals surface area contributed by atoms with Crippen LogP contribution < -0.4 is 11.5 Å². The number of aliphatic imine (C=N–C) groups is 1. The van der Waals surface area contributed by atoms with E-state index in [1.165, 1.54) is 6.26 Å². The van der Waals surface area contributed by atoms with Crippen molar-refractivity contribution in [2.45, 2.75) is 26.3 Å². The van der Waals surface area contributed by atoms with E-state index in [9.17, 15) is 4.79 Å². The Labute approximate surface area is 168 Å². The number of amidine groups is 1. The number of hydrogen-bond acceptors (Lipinski definition) is 5. The molecule has 1 amide bonds. The second-order valence-corrected chi connectivity index (χ2v) is 7.34. The maximum absolute atomic E-state index is 12.6. The maximum Gasteiger partial charge on any atom is 0.278 e. The summed E-state index contributed by atoms with van der Waals surface area (Å²) < 4.78 is 7.36. The van der Waals surface area contributed by atoms with Gasteiger partial charge in [0.2, 0.25) is 0 Å². The van der Waals surface area contributed by atoms with E-state index in [0.29, 0.717) is 30.0 Å². The van der Waals surface area contributed by atoms with Gasteiger partial charge in [-0.2, -0.15) is 4.99 Å². The summed E-state index contributed by atoms with van der Waals surface area (Å²) >= 11 is 0. The summed E-state index contributed by atoms with van der Waals surface area (Å²) in [6.45, 7) is 3.35. The molecular weight excluding hydrogens is 368 g/mol. The molecule has 29 heavy (non-hydrogen) atoms. The normalized spacial score (nSPS) is 18.9. The summed E-state index contributed by atoms with van der Waals surface area (Å²) in [5.41, 5.74) is 14.2. The van der Waals surface area contributed by atoms with Gasteiger partial charge in [0.1, 0.15) is 17.4 Å². The van der Waals surface area contributed by atoms with Gasteiger partial charge >= 0.3 is 0 Å². The van der Waals surface area contributed by atoms with Crippen molar-refractivity contribution >= 4 is 28.5 Å². The van der Waals surface area contributed by atoms with Crippen LogP contribution in [0.3, 0.4) is 0 Å². The number of nitrogens with two attached hydrogens (primary N) is 2. The number of fused-ring (bicyclic) bond motifs is 1. The number of rotatable bonds is 7. The van der Waals surface area contributed by atoms with E-state index in [-0.39, 0.29) is 17.7 Å². The predicted octanol–water partition coefficient (Wildman–Crippen LogP) is 2.49. The average molecular weight is 392 g/mol. The van der Waals surface area contributed by atoms with E-state index in [1.807, 2.05) is 13.0 Å². The van der Waals surface area contributed by atoms with Gasteiger partial charge in [0.05, 0.1) is 23.0 Å². The smallest absolute Gasteiger partial charge is 0.278 e. The molecule has 1 aromatic carbocycles. The lowest BCUT2D eigenvalue weighted by atomic mass is 10.1. The van der Waals surface area contributed by atoms with E-state index in [4.69, 9.17) is 21.3 Å². The van der Waals surface area contributed by atoms with Gasteiger partial charge in [-0.3, -0.25) is 4.79 Å². The summed E-state index contributed by atoms with van der Waals surface area (Å²) in [5, 5.41) is 8.19. The molecule has 0 aliphatic heterocycles. The fraction of sp³-hybridized carbons (Fsp3) is 0.333. The number of benzene rings is 1. The van der Waals surface area contributed by atoms with Crippen molar-refractivity contribution in [1.82, 2.24) is 9.55 Å². The summed E-state index contributed by atoms with van der Waals surface area (Å²) in [7, 11) is 0. The highest BCUT2D eigenvalue weighted by Gasteiger charge is 2.44. The van der Waals surface area contributed by atoms with Crippen molar-refractivity contribution in [3.05, 3.63) is 53.7 Å². The number of amides is 1. The van der Waals surface area contributed by atoms with Crippen molar-refractivity contribution in [2.24, 2.45) is 28.3 Å². The Kier molecular flexibility index (Phi) is 5.02. The molecule has 0 bridgehead atoms. The fourth-order valence-corrected chi connectivity index (χ4v) is 3.64. The van der Waals surface area contributed by atoms with E-state index in [1.54, 1.807) is 24.3 Å². The number of carbonyl (C=O) groups excluding carboxylic acids is 1. The molecule has 2 heterocycles. The third-order valence-electron chi connectivity index (χ3n) is 5.33. The van der Waals surface area contributed by atoms with E-state index >= 15 is 0 Å². The Hall–Kier alpha value is -3.26. The molecule has 150 valence electrons. The second kappa shape index (κ2) is 7.63. The number of nitrogens with one attached hydrogen (secondary N) is 1. The number of aromatic nitrogens is 2. The molecule has 1 fully saturated rings. The van der Waals surface area contributed by atoms with Crippen LogP contribution in [0.5, 0.6) is 0 Å². The van der Waals surface area contributed by atoms with Crippen LogP contribution in [0.15, 0.2) is 46.0 Å². The number of furan rings is 1. The van der Waals surface area contributed by atoms with Crippen LogP contribution in [-0.2, 0) is 6.54 Å². The summed E-state index contributed by atoms with van der Waals surface area (Å²) in [6, 6.07) is 8.88. The maximum atomic E-state index is 12.6. The molecule has 2 aromatic heterocycles. The standard InChI is InChI=1S/C21H24N6O2/c1-12-25-16-10-13(5-6-17(16)27(12)8-3-7-22)21(28)26-20(24)15-11-14(15)19(23)18-4-2-9-29-18/h2,4-6,9-10,14-15,23H,3,7-8,11,22H2,1H3,(H2,24,26,28). The first kappa shape index (κ1) is 19.1. The largest absolute Gasteiger partial charge is 0.463 e. The topological polar surface area (TPSA) is 136 Å². The highest BCUT2D eigenvalue weighted by atomic mass is 16.3. The molecule has 0 saturated heterocycles. The van der Waals surface area contributed by atoms with Crippen molar-refractivity contribution in [3.63, 3.8) is 0 Å². The Morgan fingerprint density at radius 1 is 1.38 bits per heavy atom. The molecule has 2 atom stereocenters. The molecule has 8 nitrogen and oxygen atoms in total. The molecule has 0 radical (unpaired) electrons. The van der Waals surface area contributed by atoms with Crippen LogP contribution in [0.1, 0.15) is 34.8 Å². The molecule has 0 spiro atoms. The zero-order chi connectivity index (χ0) is 20.5. The van der Waals surface area contributed by atoms with Crippen LogP contribution >= 0.6 is 0 Å². The molecular formula is C21H24N6O2. The van der Waals surface area contributed by atoms with E-state index < -0.39 is 5.91 Å². The second-order valence-electron chi connectivity index (χ2n) is 7.34. The molecule has 1 aliphatic rings. The Balaban J connectivity index is 1.49. The molecule has 4 rings (SSSR count). The lowest BCUT2D eigenvalue weighted by Gasteiger charge is -2.05. The minimum Gasteiger partial charge on any atom is -0.463 e. The first-order valence-electron chi connectivity index (χ1n) is 9.67. The van der Waals surface area contributed by atoms with Crippen molar-refractivity contribution in [3.8, 4) is 0 Å². The van der Waals surface area contributed by atoms with Crippen molar-refractivity contribution in [2.75, 3.05) is 6.54 Å². The van der Waals surface area contributed by atoms with E-state index in [0.717, 1.165) is 29.8 Å². The molecule has 2 unspecified atom stereocenters. The molecule has 8 heteroatoms. The van der Waals surface area contributed by atoms with Crippen LogP contribution in [0.2, 0.25) is 0 Å². The van der Waals surface area contributed by atoms with Crippen LogP contribution in [0.4, 0.5) is 0 Å². The minimum absolute atomic E-state index is 0.0546. The Bertz CT molecular complexity index is 1100. The van der Waals surface area contributed by atoms with Crippen LogP contribution in [0, 0.1) is 24.2 Å². The lowest BCUT2D eigenvalue weighted by Crippen LogP contribution is -2.19. The highest BCUT2D eigenvalue weighted by molar-refractivity contribution is 6.09. The van der Waals surface area contributed by atoms with Gasteiger partial charge in [0.15, 0.2) is 0 Å². The van der Waals surface area contributed by atoms with Gasteiger partial charge < -0.3 is 25.9 Å². The van der Waals surface area contributed by atoms with E-state index in [2.05, 4.69) is 14.5 Å². The average Bonchev–Trinajstić information content (AvgIpc) is 3.19. The Morgan fingerprint density at radius 3 is 2.93 bits per heavy atom. The summed E-state index contributed by atoms with van der Waals surface area (Å²) in [6.07, 6.45) is 3.10. The van der Waals surface area contributed by atoms with Gasteiger partial charge in [-0.15, -0.1) is 0 Å². The zero-order valence-corrected chi connectivity index (χ0v) is 16.3. The predicted molar refractivity (Wildman–Crippen MR) is 111 cm³/mol. The number of nitrogens with zero attached hydrogens (tertiary/aromatic N) is 3. The number of imidazole rings is 1. The van der Waals surface area contributed by atoms with Gasteiger partial charge in [-0.05, 0) is 56.6 Å². The van der Waals surface area contributed by atoms with Gasteiger partial charge in [-0.25, -0.2) is 4.98 Å². The molecule has 5 N–H and O–H groups in total. The van der Waals surface area contributed by atoms with Crippen LogP contribution in [0.25, 0.3) is 11.0 Å². The number of aryl methyl sites for hydroxylation is 2. The molecule has 3 aromatic rings. The molecule has 1 aliphatic carbocycles. The Morgan fingerprint density at radius 2 is 2.21 bits per heavy atom. The van der Waals surface area contributed by atoms with Crippen LogP contribution in [-0.4, -0.2) is 33.6 Å². The highest BCUT2D eigenvalue weighted by Crippen LogP contribution is 2.41. The number of carbonyl (C=O) groups is 1. The monoisotopic (exact) mass is 392 g/mol. The summed E-state index contributed by atoms with van der Waals surface area (Å²) in [5.74, 6) is 1.13. The third kappa shape index (κ3) is 3.71. The quantitative estimate of drug-likeness (QED) is 0.419. The SMILES string of the molecule is Cc1nc2cc(C(=O)N=C(N)C3CC3C(=N)c3ccco3)ccc2n1CCCN. The fourth-order valence-electron chi connectivity index (χ4n) is 3.64. The first-order valence-corrected chi connectivity index (χ1v) is 9.67. The van der Waals surface area contributed by atoms with Gasteiger partial charge in [0, 0.05) is 23.9 Å². The van der Waals surface area contributed by atoms with Gasteiger partial charge in [0.25, 0.3) is 5.91 Å². The first-order chi connectivity index (χ1) is 14.0. The lowest BCUT2D eigenvalue weighted by molar-refractivity contribution is 0.100. The number of hydrogen-bond donors (Lipinski definition) is 3.